The van der Waals surface area contributed by atoms with Crippen molar-refractivity contribution in [2.75, 3.05) is 6.61 Å². The molecule has 1 unspecified atom stereocenters. The van der Waals surface area contributed by atoms with Gasteiger partial charge < -0.3 is 15.3 Å². The van der Waals surface area contributed by atoms with Crippen molar-refractivity contribution in [3.8, 4) is 0 Å². The van der Waals surface area contributed by atoms with E-state index in [9.17, 15) is 29.7 Å². The number of carbonyl (C=O) groups excluding carboxylic acids is 3. The zero-order valence-corrected chi connectivity index (χ0v) is 21.8. The van der Waals surface area contributed by atoms with E-state index >= 15 is 0 Å². The topological polar surface area (TPSA) is 204 Å². The van der Waals surface area contributed by atoms with Gasteiger partial charge in [-0.1, -0.05) is 36.4 Å². The standard InChI is InChI=1S/C27H23N9O6/c37-16-26(41,23(38)13-34-28-17-7-1-2-8-18(17)29-34)27(42,24(39)14-35-30-19-9-3-4-10-20(19)31-35)25(40)15-36-32-21-11-5-6-12-22(21)33-36/h1-12,37,41-42H,13-16H2. The van der Waals surface area contributed by atoms with Gasteiger partial charge in [-0.15, -0.1) is 0 Å². The van der Waals surface area contributed by atoms with E-state index in [-0.39, 0.29) is 0 Å². The largest absolute Gasteiger partial charge is 0.393 e. The number of ketones is 3. The maximum absolute atomic E-state index is 13.7. The molecule has 3 aromatic carbocycles. The zero-order chi connectivity index (χ0) is 29.5. The summed E-state index contributed by atoms with van der Waals surface area (Å²) in [5.74, 6) is -3.97. The number of Topliss-reactive ketones (excluding diaryl/α,β-unsaturated/α-hetero) is 3. The van der Waals surface area contributed by atoms with Crippen LogP contribution in [0.2, 0.25) is 0 Å². The minimum Gasteiger partial charge on any atom is -0.393 e. The number of carbonyl (C=O) groups is 3. The Morgan fingerprint density at radius 3 is 1.05 bits per heavy atom. The molecule has 6 aromatic rings. The van der Waals surface area contributed by atoms with Gasteiger partial charge >= 0.3 is 0 Å². The van der Waals surface area contributed by atoms with E-state index in [1.165, 1.54) is 0 Å². The molecule has 3 heterocycles. The van der Waals surface area contributed by atoms with Gasteiger partial charge in [0.15, 0.2) is 23.0 Å². The summed E-state index contributed by atoms with van der Waals surface area (Å²) in [6.07, 6.45) is 0. The third kappa shape index (κ3) is 4.50. The van der Waals surface area contributed by atoms with Crippen LogP contribution in [0.25, 0.3) is 33.1 Å². The summed E-state index contributed by atoms with van der Waals surface area (Å²) >= 11 is 0. The van der Waals surface area contributed by atoms with Gasteiger partial charge in [0, 0.05) is 0 Å². The molecule has 0 aliphatic carbocycles. The predicted octanol–water partition coefficient (Wildman–Crippen LogP) is -0.517. The maximum Gasteiger partial charge on any atom is 0.223 e. The van der Waals surface area contributed by atoms with E-state index in [1.807, 2.05) is 0 Å². The van der Waals surface area contributed by atoms with Gasteiger partial charge in [-0.2, -0.15) is 45.0 Å². The first-order chi connectivity index (χ1) is 20.2. The van der Waals surface area contributed by atoms with Crippen LogP contribution in [0.5, 0.6) is 0 Å². The van der Waals surface area contributed by atoms with Crippen molar-refractivity contribution in [1.29, 1.82) is 0 Å². The van der Waals surface area contributed by atoms with E-state index in [0.29, 0.717) is 33.1 Å². The van der Waals surface area contributed by atoms with Gasteiger partial charge in [-0.05, 0) is 36.4 Å². The molecule has 0 bridgehead atoms. The summed E-state index contributed by atoms with van der Waals surface area (Å²) in [6, 6.07) is 20.1. The fourth-order valence-corrected chi connectivity index (χ4v) is 4.69. The van der Waals surface area contributed by atoms with Crippen molar-refractivity contribution in [3.63, 3.8) is 0 Å². The number of benzene rings is 3. The van der Waals surface area contributed by atoms with Crippen LogP contribution in [-0.4, -0.2) is 95.5 Å². The molecule has 0 aliphatic rings. The lowest BCUT2D eigenvalue weighted by atomic mass is 9.73. The SMILES string of the molecule is O=C(Cn1nc2ccccc2n1)C(O)(CO)C(O)(C(=O)Cn1nc2ccccc2n1)C(=O)Cn1nc2ccccc2n1. The summed E-state index contributed by atoms with van der Waals surface area (Å²) < 4.78 is 0. The lowest BCUT2D eigenvalue weighted by molar-refractivity contribution is -0.195. The molecule has 15 nitrogen and oxygen atoms in total. The van der Waals surface area contributed by atoms with Gasteiger partial charge in [0.1, 0.15) is 52.7 Å². The minimum atomic E-state index is -3.47. The lowest BCUT2D eigenvalue weighted by Gasteiger charge is -2.38. The van der Waals surface area contributed by atoms with Gasteiger partial charge in [-0.3, -0.25) is 14.4 Å². The van der Waals surface area contributed by atoms with Crippen LogP contribution >= 0.6 is 0 Å². The first kappa shape index (κ1) is 26.9. The third-order valence-electron chi connectivity index (χ3n) is 6.94. The average molecular weight is 570 g/mol. The molecule has 15 heteroatoms. The van der Waals surface area contributed by atoms with Crippen molar-refractivity contribution >= 4 is 50.4 Å². The van der Waals surface area contributed by atoms with Crippen LogP contribution < -0.4 is 0 Å². The Kier molecular flexibility index (Phi) is 6.61. The van der Waals surface area contributed by atoms with Gasteiger partial charge in [-0.25, -0.2) is 0 Å². The highest BCUT2D eigenvalue weighted by atomic mass is 16.4. The van der Waals surface area contributed by atoms with Crippen LogP contribution in [0, 0.1) is 0 Å². The molecule has 42 heavy (non-hydrogen) atoms. The number of hydrogen-bond donors (Lipinski definition) is 3. The number of aliphatic hydroxyl groups excluding tert-OH is 1. The zero-order valence-electron chi connectivity index (χ0n) is 21.8. The smallest absolute Gasteiger partial charge is 0.223 e. The van der Waals surface area contributed by atoms with Crippen LogP contribution in [0.3, 0.4) is 0 Å². The van der Waals surface area contributed by atoms with Crippen LogP contribution in [0.4, 0.5) is 0 Å². The molecule has 0 radical (unpaired) electrons. The molecule has 0 amide bonds. The Bertz CT molecular complexity index is 1790. The number of rotatable bonds is 11. The number of aliphatic hydroxyl groups is 3. The Balaban J connectivity index is 1.37. The van der Waals surface area contributed by atoms with Gasteiger partial charge in [0.05, 0.1) is 6.61 Å². The van der Waals surface area contributed by atoms with Gasteiger partial charge in [0.25, 0.3) is 0 Å². The second-order valence-corrected chi connectivity index (χ2v) is 9.66. The number of hydrogen-bond acceptors (Lipinski definition) is 12. The van der Waals surface area contributed by atoms with Crippen LogP contribution in [0.1, 0.15) is 0 Å². The van der Waals surface area contributed by atoms with Crippen molar-refractivity contribution in [2.45, 2.75) is 30.8 Å². The van der Waals surface area contributed by atoms with E-state index in [0.717, 1.165) is 14.4 Å². The Labute approximate surface area is 235 Å². The normalized spacial score (nSPS) is 13.5. The van der Waals surface area contributed by atoms with E-state index < -0.39 is 54.8 Å². The summed E-state index contributed by atoms with van der Waals surface area (Å²) in [6.45, 7) is -3.89. The summed E-state index contributed by atoms with van der Waals surface area (Å²) in [5, 5.41) is 58.6. The summed E-state index contributed by atoms with van der Waals surface area (Å²) in [4.78, 5) is 43.8. The Morgan fingerprint density at radius 2 is 0.786 bits per heavy atom. The monoisotopic (exact) mass is 569 g/mol. The first-order valence-electron chi connectivity index (χ1n) is 12.8. The van der Waals surface area contributed by atoms with E-state index in [2.05, 4.69) is 30.6 Å². The molecule has 212 valence electrons. The molecule has 0 fully saturated rings. The van der Waals surface area contributed by atoms with Crippen LogP contribution in [0.15, 0.2) is 72.8 Å². The molecule has 3 N–H and O–H groups in total. The lowest BCUT2D eigenvalue weighted by Crippen LogP contribution is -2.71. The van der Waals surface area contributed by atoms with Crippen LogP contribution in [-0.2, 0) is 34.0 Å². The van der Waals surface area contributed by atoms with E-state index in [1.54, 1.807) is 72.8 Å². The number of aromatic nitrogens is 9. The molecule has 6 rings (SSSR count). The molecular formula is C27H23N9O6. The quantitative estimate of drug-likeness (QED) is 0.169. The second-order valence-electron chi connectivity index (χ2n) is 9.66. The van der Waals surface area contributed by atoms with Crippen molar-refractivity contribution in [2.24, 2.45) is 0 Å². The first-order valence-corrected chi connectivity index (χ1v) is 12.8. The van der Waals surface area contributed by atoms with Crippen molar-refractivity contribution in [3.05, 3.63) is 72.8 Å². The number of nitrogens with zero attached hydrogens (tertiary/aromatic N) is 9. The Hall–Kier alpha value is -5.25. The summed E-state index contributed by atoms with van der Waals surface area (Å²) in [7, 11) is 0. The maximum atomic E-state index is 13.7. The highest BCUT2D eigenvalue weighted by molar-refractivity contribution is 6.16. The molecular weight excluding hydrogens is 546 g/mol. The fourth-order valence-electron chi connectivity index (χ4n) is 4.69. The molecule has 1 atom stereocenters. The average Bonchev–Trinajstić information content (AvgIpc) is 3.71. The van der Waals surface area contributed by atoms with E-state index in [4.69, 9.17) is 0 Å². The fraction of sp³-hybridized carbons (Fsp3) is 0.222. The Morgan fingerprint density at radius 1 is 0.524 bits per heavy atom. The highest BCUT2D eigenvalue weighted by Crippen LogP contribution is 2.29. The molecule has 0 saturated carbocycles. The minimum absolute atomic E-state index is 0.429. The second kappa shape index (κ2) is 10.3. The molecule has 0 saturated heterocycles. The van der Waals surface area contributed by atoms with Crippen molar-refractivity contribution < 1.29 is 29.7 Å². The molecule has 3 aromatic heterocycles. The molecule has 0 aliphatic heterocycles. The highest BCUT2D eigenvalue weighted by Gasteiger charge is 2.63. The third-order valence-corrected chi connectivity index (χ3v) is 6.94. The predicted molar refractivity (Wildman–Crippen MR) is 145 cm³/mol. The van der Waals surface area contributed by atoms with Gasteiger partial charge in [0.2, 0.25) is 5.60 Å². The summed E-state index contributed by atoms with van der Waals surface area (Å²) in [5.41, 5.74) is -4.18. The number of fused-ring (bicyclic) bond motifs is 3. The molecule has 0 spiro atoms. The van der Waals surface area contributed by atoms with Crippen molar-refractivity contribution in [1.82, 2.24) is 45.0 Å².